The summed E-state index contributed by atoms with van der Waals surface area (Å²) in [7, 11) is 0. The molecule has 0 fully saturated rings. The van der Waals surface area contributed by atoms with Gasteiger partial charge in [-0.25, -0.2) is 0 Å². The topological polar surface area (TPSA) is 36.9 Å². The second-order valence-electron chi connectivity index (χ2n) is 4.38. The van der Waals surface area contributed by atoms with Gasteiger partial charge in [-0.2, -0.15) is 5.26 Å². The van der Waals surface area contributed by atoms with Crippen LogP contribution in [-0.4, -0.2) is 0 Å². The van der Waals surface area contributed by atoms with E-state index in [4.69, 9.17) is 32.9 Å². The van der Waals surface area contributed by atoms with Crippen molar-refractivity contribution in [3.63, 3.8) is 0 Å². The third-order valence-electron chi connectivity index (χ3n) is 2.53. The van der Waals surface area contributed by atoms with Crippen molar-refractivity contribution in [2.75, 3.05) is 0 Å². The minimum absolute atomic E-state index is 0.331. The fourth-order valence-electron chi connectivity index (χ4n) is 1.88. The van der Waals surface area contributed by atoms with Crippen LogP contribution in [0.2, 0.25) is 10.0 Å². The molecule has 0 bridgehead atoms. The number of nitriles is 1. The number of hydrogen-bond acceptors (Lipinski definition) is 2. The van der Waals surface area contributed by atoms with Crippen molar-refractivity contribution in [3.05, 3.63) is 33.5 Å². The second kappa shape index (κ2) is 4.60. The van der Waals surface area contributed by atoms with Crippen molar-refractivity contribution < 1.29 is 4.42 Å². The number of fused-ring (bicyclic) bond motifs is 1. The summed E-state index contributed by atoms with van der Waals surface area (Å²) in [5, 5.41) is 10.9. The Balaban J connectivity index is 2.75. The molecule has 0 aliphatic carbocycles. The van der Waals surface area contributed by atoms with Crippen molar-refractivity contribution in [3.8, 4) is 6.07 Å². The highest BCUT2D eigenvalue weighted by Crippen LogP contribution is 2.35. The van der Waals surface area contributed by atoms with Crippen LogP contribution in [0.5, 0.6) is 0 Å². The van der Waals surface area contributed by atoms with Crippen molar-refractivity contribution in [1.82, 2.24) is 0 Å². The van der Waals surface area contributed by atoms with Crippen LogP contribution in [0.1, 0.15) is 25.2 Å². The first kappa shape index (κ1) is 12.3. The molecule has 0 amide bonds. The average Bonchev–Trinajstić information content (AvgIpc) is 2.56. The van der Waals surface area contributed by atoms with E-state index in [-0.39, 0.29) is 0 Å². The highest BCUT2D eigenvalue weighted by molar-refractivity contribution is 6.38. The van der Waals surface area contributed by atoms with Gasteiger partial charge >= 0.3 is 0 Å². The molecule has 17 heavy (non-hydrogen) atoms. The molecule has 0 atom stereocenters. The largest absolute Gasteiger partial charge is 0.444 e. The third kappa shape index (κ3) is 2.26. The standard InChI is InChI=1S/C13H11Cl2NO/c1-7(2)3-9-10-4-8(14)5-11(15)13(10)17-12(9)6-16/h4-5,7H,3H2,1-2H3. The average molecular weight is 268 g/mol. The predicted molar refractivity (Wildman–Crippen MR) is 69.5 cm³/mol. The molecule has 0 unspecified atom stereocenters. The molecule has 0 aliphatic heterocycles. The summed E-state index contributed by atoms with van der Waals surface area (Å²) in [4.78, 5) is 0. The van der Waals surface area contributed by atoms with Crippen LogP contribution in [0.4, 0.5) is 0 Å². The Bertz CT molecular complexity index is 608. The summed E-state index contributed by atoms with van der Waals surface area (Å²) in [5.41, 5.74) is 1.44. The van der Waals surface area contributed by atoms with Crippen LogP contribution in [0.3, 0.4) is 0 Å². The zero-order valence-corrected chi connectivity index (χ0v) is 11.1. The third-order valence-corrected chi connectivity index (χ3v) is 3.02. The van der Waals surface area contributed by atoms with Crippen molar-refractivity contribution in [2.45, 2.75) is 20.3 Å². The first-order valence-corrected chi connectivity index (χ1v) is 6.09. The molecule has 2 nitrogen and oxygen atoms in total. The quantitative estimate of drug-likeness (QED) is 0.783. The van der Waals surface area contributed by atoms with Gasteiger partial charge in [0.1, 0.15) is 6.07 Å². The molecule has 4 heteroatoms. The Morgan fingerprint density at radius 3 is 2.65 bits per heavy atom. The molecule has 0 saturated heterocycles. The van der Waals surface area contributed by atoms with Crippen LogP contribution in [-0.2, 0) is 6.42 Å². The van der Waals surface area contributed by atoms with Gasteiger partial charge < -0.3 is 4.42 Å². The maximum atomic E-state index is 9.07. The molecule has 1 aromatic heterocycles. The second-order valence-corrected chi connectivity index (χ2v) is 5.23. The lowest BCUT2D eigenvalue weighted by Crippen LogP contribution is -1.94. The minimum atomic E-state index is 0.331. The smallest absolute Gasteiger partial charge is 0.208 e. The highest BCUT2D eigenvalue weighted by Gasteiger charge is 2.17. The van der Waals surface area contributed by atoms with Crippen molar-refractivity contribution >= 4 is 34.2 Å². The van der Waals surface area contributed by atoms with E-state index in [9.17, 15) is 0 Å². The Labute approximate surface area is 110 Å². The summed E-state index contributed by atoms with van der Waals surface area (Å²) in [6.07, 6.45) is 0.770. The van der Waals surface area contributed by atoms with Gasteiger partial charge in [0.2, 0.25) is 5.76 Å². The lowest BCUT2D eigenvalue weighted by Gasteiger charge is -2.03. The zero-order valence-electron chi connectivity index (χ0n) is 9.55. The van der Waals surface area contributed by atoms with E-state index in [1.54, 1.807) is 12.1 Å². The van der Waals surface area contributed by atoms with Gasteiger partial charge in [0.05, 0.1) is 5.02 Å². The summed E-state index contributed by atoms with van der Waals surface area (Å²) in [5.74, 6) is 0.763. The Hall–Kier alpha value is -1.17. The number of hydrogen-bond donors (Lipinski definition) is 0. The van der Waals surface area contributed by atoms with Gasteiger partial charge in [-0.3, -0.25) is 0 Å². The molecule has 2 rings (SSSR count). The lowest BCUT2D eigenvalue weighted by molar-refractivity contribution is 0.579. The van der Waals surface area contributed by atoms with E-state index in [2.05, 4.69) is 19.9 Å². The van der Waals surface area contributed by atoms with Crippen LogP contribution in [0, 0.1) is 17.2 Å². The maximum absolute atomic E-state index is 9.07. The Morgan fingerprint density at radius 1 is 1.35 bits per heavy atom. The highest BCUT2D eigenvalue weighted by atomic mass is 35.5. The molecular formula is C13H11Cl2NO. The summed E-state index contributed by atoms with van der Waals surface area (Å²) in [6, 6.07) is 5.49. The number of nitrogens with zero attached hydrogens (tertiary/aromatic N) is 1. The van der Waals surface area contributed by atoms with E-state index in [0.717, 1.165) is 17.4 Å². The van der Waals surface area contributed by atoms with E-state index in [0.29, 0.717) is 27.3 Å². The molecule has 88 valence electrons. The summed E-state index contributed by atoms with van der Waals surface area (Å²) < 4.78 is 5.48. The number of furan rings is 1. The molecule has 0 N–H and O–H groups in total. The monoisotopic (exact) mass is 267 g/mol. The van der Waals surface area contributed by atoms with E-state index >= 15 is 0 Å². The molecule has 0 spiro atoms. The van der Waals surface area contributed by atoms with Gasteiger partial charge in [-0.15, -0.1) is 0 Å². The SMILES string of the molecule is CC(C)Cc1c(C#N)oc2c(Cl)cc(Cl)cc12. The number of rotatable bonds is 2. The van der Waals surface area contributed by atoms with Crippen LogP contribution in [0.15, 0.2) is 16.5 Å². The van der Waals surface area contributed by atoms with Gasteiger partial charge in [-0.1, -0.05) is 37.0 Å². The predicted octanol–water partition coefficient (Wildman–Crippen LogP) is 4.81. The molecule has 0 aliphatic rings. The zero-order chi connectivity index (χ0) is 12.6. The van der Waals surface area contributed by atoms with E-state index in [1.807, 2.05) is 0 Å². The molecule has 1 aromatic carbocycles. The van der Waals surface area contributed by atoms with Crippen LogP contribution >= 0.6 is 23.2 Å². The van der Waals surface area contributed by atoms with Crippen molar-refractivity contribution in [1.29, 1.82) is 5.26 Å². The molecule has 1 heterocycles. The fraction of sp³-hybridized carbons (Fsp3) is 0.308. The Kier molecular flexibility index (Phi) is 3.33. The van der Waals surface area contributed by atoms with Crippen molar-refractivity contribution in [2.24, 2.45) is 5.92 Å². The fourth-order valence-corrected chi connectivity index (χ4v) is 2.41. The summed E-state index contributed by atoms with van der Waals surface area (Å²) >= 11 is 12.0. The molecule has 0 saturated carbocycles. The minimum Gasteiger partial charge on any atom is -0.444 e. The van der Waals surface area contributed by atoms with Crippen LogP contribution < -0.4 is 0 Å². The van der Waals surface area contributed by atoms with E-state index in [1.165, 1.54) is 0 Å². The maximum Gasteiger partial charge on any atom is 0.208 e. The van der Waals surface area contributed by atoms with E-state index < -0.39 is 0 Å². The first-order valence-electron chi connectivity index (χ1n) is 5.33. The number of halogens is 2. The lowest BCUT2D eigenvalue weighted by atomic mass is 10.00. The number of benzene rings is 1. The Morgan fingerprint density at radius 2 is 2.06 bits per heavy atom. The van der Waals surface area contributed by atoms with Gasteiger partial charge in [0.25, 0.3) is 0 Å². The molecular weight excluding hydrogens is 257 g/mol. The molecule has 2 aromatic rings. The first-order chi connectivity index (χ1) is 8.02. The molecule has 0 radical (unpaired) electrons. The van der Waals surface area contributed by atoms with Gasteiger partial charge in [0.15, 0.2) is 5.58 Å². The van der Waals surface area contributed by atoms with Gasteiger partial charge in [-0.05, 0) is 24.5 Å². The van der Waals surface area contributed by atoms with Crippen LogP contribution in [0.25, 0.3) is 11.0 Å². The summed E-state index contributed by atoms with van der Waals surface area (Å²) in [6.45, 7) is 4.18. The normalized spacial score (nSPS) is 11.1. The van der Waals surface area contributed by atoms with Gasteiger partial charge in [0, 0.05) is 16.0 Å².